The van der Waals surface area contributed by atoms with Gasteiger partial charge >= 0.3 is 0 Å². The summed E-state index contributed by atoms with van der Waals surface area (Å²) < 4.78 is 27.9. The number of sulfonamides is 1. The molecule has 0 bridgehead atoms. The summed E-state index contributed by atoms with van der Waals surface area (Å²) in [4.78, 5) is 29.3. The van der Waals surface area contributed by atoms with Crippen molar-refractivity contribution >= 4 is 43.5 Å². The molecule has 0 heterocycles. The molecule has 0 saturated heterocycles. The molecule has 0 fully saturated rings. The summed E-state index contributed by atoms with van der Waals surface area (Å²) in [5.41, 5.74) is 3.18. The minimum Gasteiger partial charge on any atom is -0.354 e. The monoisotopic (exact) mass is 641 g/mol. The average molecular weight is 643 g/mol. The van der Waals surface area contributed by atoms with Gasteiger partial charge in [0.25, 0.3) is 0 Å². The molecule has 0 aliphatic heterocycles. The summed E-state index contributed by atoms with van der Waals surface area (Å²) >= 11 is 3.49. The first-order chi connectivity index (χ1) is 19.3. The molecule has 0 unspecified atom stereocenters. The molecule has 3 aromatic rings. The normalized spacial score (nSPS) is 12.3. The Labute approximate surface area is 253 Å². The molecule has 41 heavy (non-hydrogen) atoms. The summed E-state index contributed by atoms with van der Waals surface area (Å²) in [7, 11) is -3.81. The van der Waals surface area contributed by atoms with E-state index in [1.54, 1.807) is 12.1 Å². The van der Waals surface area contributed by atoms with Gasteiger partial charge in [0.1, 0.15) is 12.6 Å². The van der Waals surface area contributed by atoms with Gasteiger partial charge in [0.05, 0.1) is 11.9 Å². The number of anilines is 1. The zero-order valence-corrected chi connectivity index (χ0v) is 26.8. The van der Waals surface area contributed by atoms with E-state index in [4.69, 9.17) is 0 Å². The molecular weight excluding hydrogens is 602 g/mol. The number of amides is 2. The van der Waals surface area contributed by atoms with Gasteiger partial charge in [0.2, 0.25) is 21.8 Å². The fourth-order valence-corrected chi connectivity index (χ4v) is 5.74. The van der Waals surface area contributed by atoms with Crippen molar-refractivity contribution in [1.29, 1.82) is 0 Å². The zero-order chi connectivity index (χ0) is 30.2. The van der Waals surface area contributed by atoms with E-state index in [-0.39, 0.29) is 30.7 Å². The largest absolute Gasteiger partial charge is 0.354 e. The minimum absolute atomic E-state index is 0.134. The van der Waals surface area contributed by atoms with Gasteiger partial charge in [-0.25, -0.2) is 8.42 Å². The average Bonchev–Trinajstić information content (AvgIpc) is 2.92. The Morgan fingerprint density at radius 1 is 0.878 bits per heavy atom. The Morgan fingerprint density at radius 3 is 2.07 bits per heavy atom. The van der Waals surface area contributed by atoms with E-state index >= 15 is 0 Å². The van der Waals surface area contributed by atoms with Gasteiger partial charge in [-0.2, -0.15) is 0 Å². The highest BCUT2D eigenvalue weighted by Gasteiger charge is 2.33. The van der Waals surface area contributed by atoms with Crippen LogP contribution in [0.3, 0.4) is 0 Å². The lowest BCUT2D eigenvalue weighted by Crippen LogP contribution is -2.53. The molecule has 0 aromatic heterocycles. The molecule has 3 aromatic carbocycles. The predicted octanol–water partition coefficient (Wildman–Crippen LogP) is 5.75. The van der Waals surface area contributed by atoms with E-state index in [1.165, 1.54) is 4.90 Å². The first-order valence-corrected chi connectivity index (χ1v) is 16.4. The summed E-state index contributed by atoms with van der Waals surface area (Å²) in [5, 5.41) is 2.99. The van der Waals surface area contributed by atoms with Crippen LogP contribution in [0.2, 0.25) is 0 Å². The number of nitrogens with one attached hydrogen (secondary N) is 1. The first kappa shape index (κ1) is 32.3. The molecule has 1 N–H and O–H groups in total. The van der Waals surface area contributed by atoms with Crippen LogP contribution in [0.1, 0.15) is 50.3 Å². The van der Waals surface area contributed by atoms with Crippen LogP contribution >= 0.6 is 15.9 Å². The van der Waals surface area contributed by atoms with Gasteiger partial charge in [-0.1, -0.05) is 98.2 Å². The van der Waals surface area contributed by atoms with E-state index < -0.39 is 28.5 Å². The van der Waals surface area contributed by atoms with Crippen LogP contribution < -0.4 is 9.62 Å². The van der Waals surface area contributed by atoms with E-state index in [9.17, 15) is 18.0 Å². The Hall–Kier alpha value is -3.17. The maximum Gasteiger partial charge on any atom is 0.244 e. The van der Waals surface area contributed by atoms with Crippen LogP contribution in [-0.4, -0.2) is 50.5 Å². The second-order valence-corrected chi connectivity index (χ2v) is 13.8. The topological polar surface area (TPSA) is 86.8 Å². The molecule has 7 nitrogen and oxygen atoms in total. The third kappa shape index (κ3) is 9.71. The van der Waals surface area contributed by atoms with E-state index in [0.717, 1.165) is 31.7 Å². The lowest BCUT2D eigenvalue weighted by atomic mass is 10.0. The van der Waals surface area contributed by atoms with Gasteiger partial charge in [0.15, 0.2) is 0 Å². The Balaban J connectivity index is 2.04. The Kier molecular flexibility index (Phi) is 11.5. The number of benzene rings is 3. The van der Waals surface area contributed by atoms with Crippen LogP contribution in [-0.2, 0) is 32.6 Å². The highest BCUT2D eigenvalue weighted by molar-refractivity contribution is 9.10. The van der Waals surface area contributed by atoms with E-state index in [1.807, 2.05) is 80.6 Å². The highest BCUT2D eigenvalue weighted by Crippen LogP contribution is 2.24. The predicted molar refractivity (Wildman–Crippen MR) is 169 cm³/mol. The van der Waals surface area contributed by atoms with Crippen molar-refractivity contribution in [2.75, 3.05) is 23.7 Å². The standard InChI is InChI=1S/C32H40BrN3O4S/c1-23(2)20-34-32(38)30(19-25-10-7-6-8-11-25)35(21-26-12-9-13-28(33)18-26)31(37)22-36(41(5,39)40)29-16-14-27(15-17-29)24(3)4/h6-18,23-24,30H,19-22H2,1-5H3,(H,34,38)/t30-/m0/s1. The molecule has 9 heteroatoms. The third-order valence-corrected chi connectivity index (χ3v) is 8.36. The quantitative estimate of drug-likeness (QED) is 0.257. The number of hydrogen-bond donors (Lipinski definition) is 1. The molecule has 1 atom stereocenters. The van der Waals surface area contributed by atoms with Crippen LogP contribution in [0.5, 0.6) is 0 Å². The number of rotatable bonds is 13. The second-order valence-electron chi connectivity index (χ2n) is 11.0. The second kappa shape index (κ2) is 14.6. The lowest BCUT2D eigenvalue weighted by molar-refractivity contribution is -0.140. The molecule has 0 spiro atoms. The molecule has 3 rings (SSSR count). The molecule has 2 amide bonds. The molecule has 0 radical (unpaired) electrons. The SMILES string of the molecule is CC(C)CNC(=O)[C@H](Cc1ccccc1)N(Cc1cccc(Br)c1)C(=O)CN(c1ccc(C(C)C)cc1)S(C)(=O)=O. The van der Waals surface area contributed by atoms with Gasteiger partial charge in [-0.3, -0.25) is 13.9 Å². The van der Waals surface area contributed by atoms with Crippen LogP contribution in [0.25, 0.3) is 0 Å². The van der Waals surface area contributed by atoms with Crippen molar-refractivity contribution in [1.82, 2.24) is 10.2 Å². The highest BCUT2D eigenvalue weighted by atomic mass is 79.9. The van der Waals surface area contributed by atoms with Crippen molar-refractivity contribution in [3.8, 4) is 0 Å². The zero-order valence-electron chi connectivity index (χ0n) is 24.4. The van der Waals surface area contributed by atoms with Crippen LogP contribution in [0.4, 0.5) is 5.69 Å². The smallest absolute Gasteiger partial charge is 0.244 e. The number of hydrogen-bond acceptors (Lipinski definition) is 4. The summed E-state index contributed by atoms with van der Waals surface area (Å²) in [6, 6.07) is 23.4. The van der Waals surface area contributed by atoms with Gasteiger partial charge in [-0.15, -0.1) is 0 Å². The van der Waals surface area contributed by atoms with E-state index in [2.05, 4.69) is 35.1 Å². The third-order valence-electron chi connectivity index (χ3n) is 6.72. The van der Waals surface area contributed by atoms with E-state index in [0.29, 0.717) is 12.2 Å². The molecule has 0 aliphatic carbocycles. The van der Waals surface area contributed by atoms with Gasteiger partial charge in [0, 0.05) is 24.0 Å². The van der Waals surface area contributed by atoms with Crippen molar-refractivity contribution in [3.05, 3.63) is 100 Å². The lowest BCUT2D eigenvalue weighted by Gasteiger charge is -2.33. The van der Waals surface area contributed by atoms with Crippen molar-refractivity contribution in [2.45, 2.75) is 52.6 Å². The molecule has 0 saturated carbocycles. The Bertz CT molecular complexity index is 1410. The number of carbonyl (C=O) groups is 2. The maximum absolute atomic E-state index is 14.1. The summed E-state index contributed by atoms with van der Waals surface area (Å²) in [5.74, 6) is -0.247. The number of halogens is 1. The van der Waals surface area contributed by atoms with Crippen LogP contribution in [0.15, 0.2) is 83.3 Å². The molecule has 0 aliphatic rings. The summed E-state index contributed by atoms with van der Waals surface area (Å²) in [6.45, 7) is 8.29. The fraction of sp³-hybridized carbons (Fsp3) is 0.375. The first-order valence-electron chi connectivity index (χ1n) is 13.8. The number of carbonyl (C=O) groups excluding carboxylic acids is 2. The fourth-order valence-electron chi connectivity index (χ4n) is 4.45. The minimum atomic E-state index is -3.81. The summed E-state index contributed by atoms with van der Waals surface area (Å²) in [6.07, 6.45) is 1.37. The van der Waals surface area contributed by atoms with Crippen molar-refractivity contribution in [3.63, 3.8) is 0 Å². The van der Waals surface area contributed by atoms with Gasteiger partial charge in [-0.05, 0) is 52.8 Å². The van der Waals surface area contributed by atoms with Crippen LogP contribution in [0, 0.1) is 5.92 Å². The van der Waals surface area contributed by atoms with Crippen molar-refractivity contribution in [2.24, 2.45) is 5.92 Å². The van der Waals surface area contributed by atoms with Gasteiger partial charge < -0.3 is 10.2 Å². The van der Waals surface area contributed by atoms with Crippen molar-refractivity contribution < 1.29 is 18.0 Å². The Morgan fingerprint density at radius 2 is 1.51 bits per heavy atom. The number of nitrogens with zero attached hydrogens (tertiary/aromatic N) is 2. The maximum atomic E-state index is 14.1. The molecule has 220 valence electrons. The molecular formula is C32H40BrN3O4S.